The quantitative estimate of drug-likeness (QED) is 0.863. The number of carbonyl (C=O) groups is 1. The fourth-order valence-corrected chi connectivity index (χ4v) is 3.11. The summed E-state index contributed by atoms with van der Waals surface area (Å²) >= 11 is 0. The predicted octanol–water partition coefficient (Wildman–Crippen LogP) is 1.60. The summed E-state index contributed by atoms with van der Waals surface area (Å²) in [6.07, 6.45) is 5.59. The van der Waals surface area contributed by atoms with Gasteiger partial charge in [-0.3, -0.25) is 4.79 Å². The number of aryl methyl sites for hydroxylation is 2. The van der Waals surface area contributed by atoms with Gasteiger partial charge in [0.05, 0.1) is 12.5 Å². The Bertz CT molecular complexity index is 478. The lowest BCUT2D eigenvalue weighted by Gasteiger charge is -2.31. The smallest absolute Gasteiger partial charge is 0.224 e. The molecule has 1 saturated carbocycles. The molecule has 3 rings (SSSR count). The van der Waals surface area contributed by atoms with E-state index in [-0.39, 0.29) is 12.0 Å². The van der Waals surface area contributed by atoms with Crippen molar-refractivity contribution in [2.75, 3.05) is 6.54 Å². The number of aliphatic hydroxyl groups is 1. The molecule has 0 atom stereocenters. The van der Waals surface area contributed by atoms with Crippen molar-refractivity contribution >= 4 is 5.91 Å². The number of rotatable bonds is 4. The summed E-state index contributed by atoms with van der Waals surface area (Å²) in [6, 6.07) is 6.44. The zero-order valence-corrected chi connectivity index (χ0v) is 11.2. The summed E-state index contributed by atoms with van der Waals surface area (Å²) in [6.45, 7) is 0.709. The lowest BCUT2D eigenvalue weighted by molar-refractivity contribution is -0.121. The molecule has 3 nitrogen and oxygen atoms in total. The van der Waals surface area contributed by atoms with Gasteiger partial charge in [0.25, 0.3) is 0 Å². The second-order valence-corrected chi connectivity index (χ2v) is 5.93. The van der Waals surface area contributed by atoms with E-state index < -0.39 is 0 Å². The number of fused-ring (bicyclic) bond motifs is 1. The van der Waals surface area contributed by atoms with Gasteiger partial charge in [-0.2, -0.15) is 0 Å². The van der Waals surface area contributed by atoms with E-state index in [4.69, 9.17) is 0 Å². The summed E-state index contributed by atoms with van der Waals surface area (Å²) in [4.78, 5) is 11.9. The summed E-state index contributed by atoms with van der Waals surface area (Å²) < 4.78 is 0. The van der Waals surface area contributed by atoms with Crippen LogP contribution in [-0.4, -0.2) is 23.7 Å². The summed E-state index contributed by atoms with van der Waals surface area (Å²) in [5.74, 6) is 0.568. The molecule has 0 bridgehead atoms. The molecule has 2 N–H and O–H groups in total. The monoisotopic (exact) mass is 259 g/mol. The number of aliphatic hydroxyl groups excluding tert-OH is 1. The van der Waals surface area contributed by atoms with Crippen LogP contribution in [0.5, 0.6) is 0 Å². The molecule has 0 unspecified atom stereocenters. The highest BCUT2D eigenvalue weighted by atomic mass is 16.3. The Kier molecular flexibility index (Phi) is 3.56. The first-order chi connectivity index (χ1) is 9.20. The molecule has 0 spiro atoms. The third-order valence-corrected chi connectivity index (χ3v) is 4.33. The SMILES string of the molecule is O=C(Cc1ccc2c(c1)CCC2)NCC1CC(O)C1. The lowest BCUT2D eigenvalue weighted by Crippen LogP contribution is -2.38. The molecular weight excluding hydrogens is 238 g/mol. The van der Waals surface area contributed by atoms with Gasteiger partial charge in [0, 0.05) is 6.54 Å². The predicted molar refractivity (Wildman–Crippen MR) is 73.9 cm³/mol. The highest BCUT2D eigenvalue weighted by Crippen LogP contribution is 2.26. The van der Waals surface area contributed by atoms with Gasteiger partial charge in [-0.15, -0.1) is 0 Å². The van der Waals surface area contributed by atoms with Gasteiger partial charge in [0.1, 0.15) is 0 Å². The van der Waals surface area contributed by atoms with E-state index in [0.717, 1.165) is 24.8 Å². The molecule has 19 heavy (non-hydrogen) atoms. The second-order valence-electron chi connectivity index (χ2n) is 5.93. The van der Waals surface area contributed by atoms with E-state index >= 15 is 0 Å². The number of carbonyl (C=O) groups excluding carboxylic acids is 1. The molecule has 0 saturated heterocycles. The van der Waals surface area contributed by atoms with E-state index in [1.54, 1.807) is 0 Å². The van der Waals surface area contributed by atoms with E-state index in [0.29, 0.717) is 18.9 Å². The van der Waals surface area contributed by atoms with Crippen molar-refractivity contribution in [3.8, 4) is 0 Å². The van der Waals surface area contributed by atoms with Crippen LogP contribution in [0.15, 0.2) is 18.2 Å². The number of benzene rings is 1. The van der Waals surface area contributed by atoms with E-state index in [1.807, 2.05) is 0 Å². The van der Waals surface area contributed by atoms with Gasteiger partial charge in [-0.05, 0) is 54.7 Å². The minimum absolute atomic E-state index is 0.0966. The maximum atomic E-state index is 11.9. The van der Waals surface area contributed by atoms with E-state index in [2.05, 4.69) is 23.5 Å². The van der Waals surface area contributed by atoms with Crippen molar-refractivity contribution in [1.82, 2.24) is 5.32 Å². The van der Waals surface area contributed by atoms with Crippen molar-refractivity contribution in [3.05, 3.63) is 34.9 Å². The molecule has 0 aromatic heterocycles. The molecule has 1 aromatic carbocycles. The van der Waals surface area contributed by atoms with Crippen LogP contribution in [0.1, 0.15) is 36.0 Å². The summed E-state index contributed by atoms with van der Waals surface area (Å²) in [5, 5.41) is 12.2. The summed E-state index contributed by atoms with van der Waals surface area (Å²) in [5.41, 5.74) is 3.99. The number of amides is 1. The lowest BCUT2D eigenvalue weighted by atomic mass is 9.82. The molecule has 1 amide bonds. The minimum Gasteiger partial charge on any atom is -0.393 e. The fourth-order valence-electron chi connectivity index (χ4n) is 3.11. The van der Waals surface area contributed by atoms with E-state index in [9.17, 15) is 9.90 Å². The van der Waals surface area contributed by atoms with Gasteiger partial charge in [-0.25, -0.2) is 0 Å². The van der Waals surface area contributed by atoms with Crippen LogP contribution < -0.4 is 5.32 Å². The van der Waals surface area contributed by atoms with Crippen molar-refractivity contribution < 1.29 is 9.90 Å². The number of nitrogens with one attached hydrogen (secondary N) is 1. The molecule has 1 aromatic rings. The average molecular weight is 259 g/mol. The Morgan fingerprint density at radius 3 is 2.84 bits per heavy atom. The maximum Gasteiger partial charge on any atom is 0.224 e. The molecular formula is C16H21NO2. The first-order valence-electron chi connectivity index (χ1n) is 7.26. The van der Waals surface area contributed by atoms with Crippen LogP contribution >= 0.6 is 0 Å². The van der Waals surface area contributed by atoms with Gasteiger partial charge >= 0.3 is 0 Å². The van der Waals surface area contributed by atoms with Crippen molar-refractivity contribution in [2.45, 2.75) is 44.6 Å². The minimum atomic E-state index is -0.140. The largest absolute Gasteiger partial charge is 0.393 e. The van der Waals surface area contributed by atoms with Crippen molar-refractivity contribution in [1.29, 1.82) is 0 Å². The average Bonchev–Trinajstić information content (AvgIpc) is 2.80. The molecule has 3 heteroatoms. The van der Waals surface area contributed by atoms with Crippen LogP contribution in [0.3, 0.4) is 0 Å². The molecule has 0 radical (unpaired) electrons. The second kappa shape index (κ2) is 5.33. The standard InChI is InChI=1S/C16H21NO2/c18-15-7-12(8-15)10-17-16(19)9-11-4-5-13-2-1-3-14(13)6-11/h4-6,12,15,18H,1-3,7-10H2,(H,17,19). The van der Waals surface area contributed by atoms with Crippen LogP contribution in [-0.2, 0) is 24.1 Å². The molecule has 0 heterocycles. The zero-order chi connectivity index (χ0) is 13.2. The Labute approximate surface area is 114 Å². The Morgan fingerprint density at radius 1 is 1.26 bits per heavy atom. The maximum absolute atomic E-state index is 11.9. The fraction of sp³-hybridized carbons (Fsp3) is 0.562. The third-order valence-electron chi connectivity index (χ3n) is 4.33. The van der Waals surface area contributed by atoms with Crippen LogP contribution in [0, 0.1) is 5.92 Å². The van der Waals surface area contributed by atoms with E-state index in [1.165, 1.54) is 24.0 Å². The topological polar surface area (TPSA) is 49.3 Å². The molecule has 102 valence electrons. The van der Waals surface area contributed by atoms with Crippen molar-refractivity contribution in [2.24, 2.45) is 5.92 Å². The molecule has 2 aliphatic rings. The first-order valence-corrected chi connectivity index (χ1v) is 7.26. The van der Waals surface area contributed by atoms with Gasteiger partial charge < -0.3 is 10.4 Å². The van der Waals surface area contributed by atoms with Gasteiger partial charge in [0.2, 0.25) is 5.91 Å². The highest BCUT2D eigenvalue weighted by Gasteiger charge is 2.27. The Hall–Kier alpha value is -1.35. The molecule has 0 aliphatic heterocycles. The molecule has 2 aliphatic carbocycles. The first kappa shape index (κ1) is 12.7. The zero-order valence-electron chi connectivity index (χ0n) is 11.2. The number of hydrogen-bond acceptors (Lipinski definition) is 2. The van der Waals surface area contributed by atoms with Crippen molar-refractivity contribution in [3.63, 3.8) is 0 Å². The van der Waals surface area contributed by atoms with Gasteiger partial charge in [0.15, 0.2) is 0 Å². The highest BCUT2D eigenvalue weighted by molar-refractivity contribution is 5.78. The number of hydrogen-bond donors (Lipinski definition) is 2. The Balaban J connectivity index is 1.49. The van der Waals surface area contributed by atoms with Gasteiger partial charge in [-0.1, -0.05) is 18.2 Å². The molecule has 1 fully saturated rings. The summed E-state index contributed by atoms with van der Waals surface area (Å²) in [7, 11) is 0. The van der Waals surface area contributed by atoms with Crippen LogP contribution in [0.25, 0.3) is 0 Å². The van der Waals surface area contributed by atoms with Crippen LogP contribution in [0.2, 0.25) is 0 Å². The Morgan fingerprint density at radius 2 is 2.05 bits per heavy atom. The normalized spacial score (nSPS) is 24.7. The third kappa shape index (κ3) is 2.98. The van der Waals surface area contributed by atoms with Crippen LogP contribution in [0.4, 0.5) is 0 Å².